The van der Waals surface area contributed by atoms with Gasteiger partial charge in [-0.1, -0.05) is 0 Å². The standard InChI is InChI=1S/C18H32O16/c19-1-4-7(22)9(24)11(26)17(31-4)33-14-6(3-21)30-16(29)13(28)15(14)34-18-12(27)10(25)8(23)5(2-20)32-18/h4-29H,1-3H2/t4-,5-,6-,7-,8-,9+,10+,11-,12+,13-,14+,15-,16+,17+,18-/m1/s1. The number of hydrogen-bond donors (Lipinski definition) is 11. The van der Waals surface area contributed by atoms with Gasteiger partial charge in [-0.05, 0) is 0 Å². The van der Waals surface area contributed by atoms with Gasteiger partial charge < -0.3 is 79.9 Å². The van der Waals surface area contributed by atoms with Crippen LogP contribution in [0.4, 0.5) is 0 Å². The topological polar surface area (TPSA) is 269 Å². The number of hydrogen-bond acceptors (Lipinski definition) is 16. The van der Waals surface area contributed by atoms with Crippen molar-refractivity contribution in [1.82, 2.24) is 0 Å². The third kappa shape index (κ3) is 5.37. The van der Waals surface area contributed by atoms with Gasteiger partial charge in [-0.15, -0.1) is 0 Å². The lowest BCUT2D eigenvalue weighted by Crippen LogP contribution is -2.67. The van der Waals surface area contributed by atoms with Gasteiger partial charge >= 0.3 is 0 Å². The summed E-state index contributed by atoms with van der Waals surface area (Å²) < 4.78 is 26.7. The van der Waals surface area contributed by atoms with Crippen molar-refractivity contribution >= 4 is 0 Å². The summed E-state index contributed by atoms with van der Waals surface area (Å²) in [5, 5.41) is 109. The fraction of sp³-hybridized carbons (Fsp3) is 1.00. The maximum absolute atomic E-state index is 10.5. The van der Waals surface area contributed by atoms with Crippen molar-refractivity contribution in [1.29, 1.82) is 0 Å². The molecule has 0 radical (unpaired) electrons. The first-order chi connectivity index (χ1) is 16.0. The van der Waals surface area contributed by atoms with E-state index >= 15 is 0 Å². The highest BCUT2D eigenvalue weighted by Crippen LogP contribution is 2.32. The van der Waals surface area contributed by atoms with E-state index in [1.807, 2.05) is 0 Å². The first kappa shape index (κ1) is 27.9. The largest absolute Gasteiger partial charge is 0.394 e. The summed E-state index contributed by atoms with van der Waals surface area (Å²) in [6.07, 6.45) is -25.6. The second kappa shape index (κ2) is 11.6. The Morgan fingerprint density at radius 3 is 1.26 bits per heavy atom. The minimum absolute atomic E-state index is 0.762. The average molecular weight is 504 g/mol. The summed E-state index contributed by atoms with van der Waals surface area (Å²) in [5.41, 5.74) is 0. The number of ether oxygens (including phenoxy) is 5. The zero-order chi connectivity index (χ0) is 25.3. The molecule has 3 saturated heterocycles. The van der Waals surface area contributed by atoms with Crippen LogP contribution in [0.3, 0.4) is 0 Å². The van der Waals surface area contributed by atoms with Crippen molar-refractivity contribution in [3.8, 4) is 0 Å². The summed E-state index contributed by atoms with van der Waals surface area (Å²) in [4.78, 5) is 0. The molecule has 16 heteroatoms. The van der Waals surface area contributed by atoms with Crippen LogP contribution in [0.1, 0.15) is 0 Å². The van der Waals surface area contributed by atoms with Crippen molar-refractivity contribution in [2.45, 2.75) is 92.1 Å². The Bertz CT molecular complexity index is 599. The van der Waals surface area contributed by atoms with Crippen LogP contribution in [0.15, 0.2) is 0 Å². The smallest absolute Gasteiger partial charge is 0.187 e. The number of aliphatic hydroxyl groups excluding tert-OH is 11. The molecule has 16 nitrogen and oxygen atoms in total. The van der Waals surface area contributed by atoms with E-state index in [1.165, 1.54) is 0 Å². The van der Waals surface area contributed by atoms with Crippen molar-refractivity contribution < 1.29 is 79.9 Å². The van der Waals surface area contributed by atoms with Gasteiger partial charge in [-0.2, -0.15) is 0 Å². The van der Waals surface area contributed by atoms with Crippen LogP contribution in [-0.2, 0) is 23.7 Å². The third-order valence-electron chi connectivity index (χ3n) is 6.09. The van der Waals surface area contributed by atoms with Crippen LogP contribution in [-0.4, -0.2) is 168 Å². The Hall–Kier alpha value is -0.640. The van der Waals surface area contributed by atoms with Crippen LogP contribution >= 0.6 is 0 Å². The molecule has 0 spiro atoms. The molecule has 3 aliphatic heterocycles. The van der Waals surface area contributed by atoms with Crippen molar-refractivity contribution in [3.63, 3.8) is 0 Å². The zero-order valence-corrected chi connectivity index (χ0v) is 17.7. The van der Waals surface area contributed by atoms with Crippen molar-refractivity contribution in [3.05, 3.63) is 0 Å². The number of rotatable bonds is 7. The first-order valence-electron chi connectivity index (χ1n) is 10.6. The lowest BCUT2D eigenvalue weighted by atomic mass is 9.96. The van der Waals surface area contributed by atoms with E-state index in [1.54, 1.807) is 0 Å². The molecule has 0 aliphatic carbocycles. The van der Waals surface area contributed by atoms with Gasteiger partial charge in [0.25, 0.3) is 0 Å². The van der Waals surface area contributed by atoms with Crippen molar-refractivity contribution in [2.75, 3.05) is 19.8 Å². The van der Waals surface area contributed by atoms with Gasteiger partial charge in [-0.25, -0.2) is 0 Å². The highest BCUT2D eigenvalue weighted by Gasteiger charge is 2.53. The molecule has 0 aromatic heterocycles. The fourth-order valence-corrected chi connectivity index (χ4v) is 4.04. The van der Waals surface area contributed by atoms with E-state index in [4.69, 9.17) is 23.7 Å². The van der Waals surface area contributed by atoms with E-state index in [0.717, 1.165) is 0 Å². The molecule has 0 aromatic rings. The average Bonchev–Trinajstić information content (AvgIpc) is 2.83. The molecule has 0 saturated carbocycles. The number of aliphatic hydroxyl groups is 11. The normalized spacial score (nSPS) is 52.5. The summed E-state index contributed by atoms with van der Waals surface area (Å²) in [7, 11) is 0. The second-order valence-corrected chi connectivity index (χ2v) is 8.33. The Labute approximate surface area is 192 Å². The molecule has 0 bridgehead atoms. The third-order valence-corrected chi connectivity index (χ3v) is 6.09. The van der Waals surface area contributed by atoms with Crippen LogP contribution in [0.5, 0.6) is 0 Å². The van der Waals surface area contributed by atoms with Gasteiger partial charge in [0.1, 0.15) is 73.2 Å². The Morgan fingerprint density at radius 1 is 0.441 bits per heavy atom. The molecular formula is C18H32O16. The first-order valence-corrected chi connectivity index (χ1v) is 10.6. The molecular weight excluding hydrogens is 472 g/mol. The van der Waals surface area contributed by atoms with Crippen LogP contribution in [0, 0.1) is 0 Å². The zero-order valence-electron chi connectivity index (χ0n) is 17.7. The molecule has 3 heterocycles. The van der Waals surface area contributed by atoms with Crippen molar-refractivity contribution in [2.24, 2.45) is 0 Å². The second-order valence-electron chi connectivity index (χ2n) is 8.33. The molecule has 11 N–H and O–H groups in total. The molecule has 200 valence electrons. The van der Waals surface area contributed by atoms with E-state index < -0.39 is 112 Å². The van der Waals surface area contributed by atoms with Gasteiger partial charge in [0, 0.05) is 0 Å². The highest BCUT2D eigenvalue weighted by molar-refractivity contribution is 4.96. The molecule has 0 unspecified atom stereocenters. The molecule has 0 aromatic carbocycles. The minimum atomic E-state index is -1.93. The maximum Gasteiger partial charge on any atom is 0.187 e. The monoisotopic (exact) mass is 504 g/mol. The van der Waals surface area contributed by atoms with Gasteiger partial charge in [-0.3, -0.25) is 0 Å². The lowest BCUT2D eigenvalue weighted by molar-refractivity contribution is -0.383. The predicted molar refractivity (Wildman–Crippen MR) is 101 cm³/mol. The van der Waals surface area contributed by atoms with Crippen LogP contribution in [0.2, 0.25) is 0 Å². The Morgan fingerprint density at radius 2 is 0.853 bits per heavy atom. The van der Waals surface area contributed by atoms with E-state index in [-0.39, 0.29) is 0 Å². The lowest BCUT2D eigenvalue weighted by Gasteiger charge is -2.48. The summed E-state index contributed by atoms with van der Waals surface area (Å²) in [6.45, 7) is -2.35. The van der Waals surface area contributed by atoms with E-state index in [9.17, 15) is 56.2 Å². The molecule has 34 heavy (non-hydrogen) atoms. The van der Waals surface area contributed by atoms with Gasteiger partial charge in [0.15, 0.2) is 18.9 Å². The minimum Gasteiger partial charge on any atom is -0.394 e. The molecule has 3 fully saturated rings. The predicted octanol–water partition coefficient (Wildman–Crippen LogP) is -7.57. The summed E-state index contributed by atoms with van der Waals surface area (Å²) >= 11 is 0. The fourth-order valence-electron chi connectivity index (χ4n) is 4.04. The van der Waals surface area contributed by atoms with E-state index in [2.05, 4.69) is 0 Å². The summed E-state index contributed by atoms with van der Waals surface area (Å²) in [5.74, 6) is 0. The van der Waals surface area contributed by atoms with Crippen LogP contribution in [0.25, 0.3) is 0 Å². The SMILES string of the molecule is OC[C@H]1O[C@H](O[C@@H]2[C@@H](O)[C@@H](O)O[C@H](CO)[C@@H]2O[C@@H]2O[C@H](CO)[C@@H](O)[C@H](O)[C@H]2O)[C@@H](O)[C@@H](O)[C@@H]1O. The van der Waals surface area contributed by atoms with E-state index in [0.29, 0.717) is 0 Å². The maximum atomic E-state index is 10.5. The molecule has 0 amide bonds. The van der Waals surface area contributed by atoms with Gasteiger partial charge in [0.2, 0.25) is 0 Å². The Balaban J connectivity index is 1.84. The summed E-state index contributed by atoms with van der Waals surface area (Å²) in [6, 6.07) is 0. The van der Waals surface area contributed by atoms with Gasteiger partial charge in [0.05, 0.1) is 19.8 Å². The molecule has 15 atom stereocenters. The van der Waals surface area contributed by atoms with Crippen LogP contribution < -0.4 is 0 Å². The Kier molecular flexibility index (Phi) is 9.54. The highest BCUT2D eigenvalue weighted by atomic mass is 16.8. The molecule has 3 rings (SSSR count). The quantitative estimate of drug-likeness (QED) is 0.154. The molecule has 3 aliphatic rings.